The van der Waals surface area contributed by atoms with Crippen LogP contribution in [0.5, 0.6) is 0 Å². The molecule has 8 atom stereocenters. The van der Waals surface area contributed by atoms with E-state index in [-0.39, 0.29) is 161 Å². The molecule has 0 spiro atoms. The van der Waals surface area contributed by atoms with Crippen LogP contribution >= 0.6 is 0 Å². The van der Waals surface area contributed by atoms with Crippen LogP contribution in [0.3, 0.4) is 0 Å². The average molecular weight is 943 g/mol. The molecule has 4 bridgehead atoms. The van der Waals surface area contributed by atoms with Crippen LogP contribution in [0.1, 0.15) is 104 Å². The Labute approximate surface area is 398 Å². The van der Waals surface area contributed by atoms with Gasteiger partial charge in [0, 0.05) is 71.4 Å². The second kappa shape index (κ2) is 24.8. The van der Waals surface area contributed by atoms with Gasteiger partial charge in [0.25, 0.3) is 11.8 Å². The van der Waals surface area contributed by atoms with Gasteiger partial charge in [-0.2, -0.15) is 0 Å². The second-order valence-corrected chi connectivity index (χ2v) is 18.3. The van der Waals surface area contributed by atoms with E-state index >= 15 is 0 Å². The molecular formula is C50H66N6O12. The van der Waals surface area contributed by atoms with Crippen molar-refractivity contribution in [3.63, 3.8) is 0 Å². The van der Waals surface area contributed by atoms with Crippen molar-refractivity contribution in [1.29, 1.82) is 0 Å². The number of allylic oxidation sites excluding steroid dienone is 4. The van der Waals surface area contributed by atoms with Gasteiger partial charge in [0.1, 0.15) is 0 Å². The number of carbonyl (C=O) groups is 10. The summed E-state index contributed by atoms with van der Waals surface area (Å²) >= 11 is 0. The molecule has 0 radical (unpaired) electrons. The third-order valence-electron chi connectivity index (χ3n) is 14.0. The highest BCUT2D eigenvalue weighted by Gasteiger charge is 2.60. The van der Waals surface area contributed by atoms with Crippen molar-refractivity contribution in [3.05, 3.63) is 24.3 Å². The number of aliphatic hydroxyl groups is 1. The van der Waals surface area contributed by atoms with E-state index < -0.39 is 17.8 Å². The maximum absolute atomic E-state index is 12.7. The summed E-state index contributed by atoms with van der Waals surface area (Å²) in [5.74, 6) is 2.40. The van der Waals surface area contributed by atoms with Crippen LogP contribution in [0, 0.1) is 72.0 Å². The van der Waals surface area contributed by atoms with E-state index in [0.717, 1.165) is 19.3 Å². The number of hydrogen-bond donors (Lipinski definition) is 2. The molecule has 3 saturated heterocycles. The van der Waals surface area contributed by atoms with Crippen molar-refractivity contribution in [3.8, 4) is 24.7 Å². The fraction of sp³-hybridized carbons (Fsp3) is 0.640. The number of imide groups is 3. The molecule has 68 heavy (non-hydrogen) atoms. The van der Waals surface area contributed by atoms with Gasteiger partial charge < -0.3 is 25.1 Å². The van der Waals surface area contributed by atoms with E-state index in [1.807, 2.05) is 0 Å². The highest BCUT2D eigenvalue weighted by atomic mass is 16.7. The van der Waals surface area contributed by atoms with Crippen LogP contribution in [-0.2, 0) is 52.8 Å². The number of likely N-dealkylation sites (tertiary alicyclic amines) is 2. The monoisotopic (exact) mass is 942 g/mol. The Balaban J connectivity index is 0.000000252. The highest BCUT2D eigenvalue weighted by molar-refractivity contribution is 6.07. The zero-order valence-corrected chi connectivity index (χ0v) is 38.0. The molecule has 18 nitrogen and oxygen atoms in total. The molecule has 5 fully saturated rings. The lowest BCUT2D eigenvalue weighted by Gasteiger charge is -2.21. The molecule has 18 heteroatoms. The van der Waals surface area contributed by atoms with Crippen molar-refractivity contribution in [2.75, 3.05) is 52.4 Å². The number of unbranched alkanes of at least 4 members (excludes halogenated alkanes) is 4. The normalized spacial score (nSPS) is 25.5. The fourth-order valence-corrected chi connectivity index (χ4v) is 10.6. The van der Waals surface area contributed by atoms with Gasteiger partial charge in [-0.05, 0) is 68.6 Å². The zero-order valence-electron chi connectivity index (χ0n) is 38.0. The lowest BCUT2D eigenvalue weighted by molar-refractivity contribution is -0.197. The summed E-state index contributed by atoms with van der Waals surface area (Å²) in [5.41, 5.74) is 0. The standard InChI is InChI=1S/C25H29N3O7.C24H33N3O5.CH4/c1-2-12-26(14-11-21(32)35-28-19(30)9-10-20(28)31)18(29)6-4-3-5-13-27-24(33)22-16-7-8-17(15-16)23(22)25(27)34;1-2-12-26(14-10-19(29)25-11-6-15-28)20(30)7-4-3-5-13-27-23(31)21-17-8-9-18(16-17)22(21)24(27)32;/h1,7-8,16-17,22-23H,3-6,9-15H2;1,8-9,17-18,21-22,28H,3-7,10-16H2,(H,25,29);1H4/t16-,17+,22+,23-;17-,18+,21+,22-;. The van der Waals surface area contributed by atoms with Crippen LogP contribution in [0.25, 0.3) is 0 Å². The van der Waals surface area contributed by atoms with Crippen LogP contribution in [0.15, 0.2) is 24.3 Å². The molecule has 2 N–H and O–H groups in total. The molecule has 3 aliphatic heterocycles. The van der Waals surface area contributed by atoms with E-state index in [4.69, 9.17) is 22.8 Å². The summed E-state index contributed by atoms with van der Waals surface area (Å²) in [6.07, 6.45) is 25.7. The minimum atomic E-state index is -0.795. The summed E-state index contributed by atoms with van der Waals surface area (Å²) < 4.78 is 0. The largest absolute Gasteiger partial charge is 0.396 e. The van der Waals surface area contributed by atoms with E-state index in [1.165, 1.54) is 19.6 Å². The minimum absolute atomic E-state index is 0. The predicted octanol–water partition coefficient (Wildman–Crippen LogP) is 2.15. The van der Waals surface area contributed by atoms with Crippen molar-refractivity contribution in [1.82, 2.24) is 30.0 Å². The molecule has 368 valence electrons. The van der Waals surface area contributed by atoms with E-state index in [9.17, 15) is 47.9 Å². The quantitative estimate of drug-likeness (QED) is 0.0615. The first-order valence-electron chi connectivity index (χ1n) is 23.7. The van der Waals surface area contributed by atoms with Gasteiger partial charge in [0.05, 0.1) is 43.2 Å². The molecule has 4 aliphatic carbocycles. The molecule has 0 aromatic heterocycles. The van der Waals surface area contributed by atoms with Gasteiger partial charge in [-0.15, -0.1) is 17.9 Å². The molecule has 0 aromatic carbocycles. The topological polar surface area (TPSA) is 228 Å². The summed E-state index contributed by atoms with van der Waals surface area (Å²) in [7, 11) is 0. The number of terminal acetylenes is 2. The van der Waals surface area contributed by atoms with Crippen LogP contribution < -0.4 is 5.32 Å². The van der Waals surface area contributed by atoms with Gasteiger partial charge in [-0.25, -0.2) is 4.79 Å². The van der Waals surface area contributed by atoms with Crippen molar-refractivity contribution < 1.29 is 57.9 Å². The van der Waals surface area contributed by atoms with Gasteiger partial charge in [-0.1, -0.05) is 56.4 Å². The number of hydrogen-bond acceptors (Lipinski definition) is 12. The van der Waals surface area contributed by atoms with E-state index in [2.05, 4.69) is 41.5 Å². The van der Waals surface area contributed by atoms with Crippen LogP contribution in [0.4, 0.5) is 0 Å². The maximum atomic E-state index is 12.7. The minimum Gasteiger partial charge on any atom is -0.396 e. The number of nitrogens with one attached hydrogen (secondary N) is 1. The Bertz CT molecular complexity index is 2030. The number of fused-ring (bicyclic) bond motifs is 10. The molecule has 9 amide bonds. The van der Waals surface area contributed by atoms with Gasteiger partial charge >= 0.3 is 5.97 Å². The molecular weight excluding hydrogens is 877 g/mol. The Kier molecular flexibility index (Phi) is 19.2. The second-order valence-electron chi connectivity index (χ2n) is 18.3. The first-order valence-corrected chi connectivity index (χ1v) is 23.7. The van der Waals surface area contributed by atoms with Crippen LogP contribution in [0.2, 0.25) is 0 Å². The predicted molar refractivity (Wildman–Crippen MR) is 244 cm³/mol. The van der Waals surface area contributed by atoms with E-state index in [1.54, 1.807) is 0 Å². The third-order valence-corrected chi connectivity index (χ3v) is 14.0. The summed E-state index contributed by atoms with van der Waals surface area (Å²) in [6.45, 7) is 1.63. The molecule has 3 heterocycles. The Morgan fingerprint density at radius 3 is 1.43 bits per heavy atom. The highest BCUT2D eigenvalue weighted by Crippen LogP contribution is 2.53. The molecule has 0 aromatic rings. The van der Waals surface area contributed by atoms with E-state index in [0.29, 0.717) is 69.6 Å². The Morgan fingerprint density at radius 1 is 0.618 bits per heavy atom. The molecule has 2 saturated carbocycles. The molecule has 7 aliphatic rings. The van der Waals surface area contributed by atoms with Crippen molar-refractivity contribution >= 4 is 59.1 Å². The Morgan fingerprint density at radius 2 is 1.03 bits per heavy atom. The number of aliphatic hydroxyl groups excluding tert-OH is 1. The molecule has 7 rings (SSSR count). The van der Waals surface area contributed by atoms with Crippen molar-refractivity contribution in [2.24, 2.45) is 47.3 Å². The number of carbonyl (C=O) groups excluding carboxylic acids is 10. The smallest absolute Gasteiger partial charge is 0.334 e. The van der Waals surface area contributed by atoms with Gasteiger partial charge in [0.2, 0.25) is 41.4 Å². The number of amides is 9. The average Bonchev–Trinajstić information content (AvgIpc) is 4.21. The SMILES string of the molecule is C.C#CCN(CCC(=O)NCCCO)C(=O)CCCCCN1C(=O)[C@@H]2[C@H](C1=O)[C@H]1C=C[C@@H]2C1.C#CCN(CCC(=O)ON1C(=O)CCC1=O)C(=O)CCCCCN1C(=O)[C@@H]2[C@H](C1=O)[C@H]1C=C[C@@H]2C1. The summed E-state index contributed by atoms with van der Waals surface area (Å²) in [4.78, 5) is 133. The zero-order chi connectivity index (χ0) is 48.2. The number of nitrogens with zero attached hydrogens (tertiary/aromatic N) is 5. The fourth-order valence-electron chi connectivity index (χ4n) is 10.6. The Hall–Kier alpha value is -6.14. The van der Waals surface area contributed by atoms with Gasteiger partial charge in [0.15, 0.2) is 0 Å². The van der Waals surface area contributed by atoms with Gasteiger partial charge in [-0.3, -0.25) is 53.0 Å². The molecule has 0 unspecified atom stereocenters. The maximum Gasteiger partial charge on any atom is 0.334 e. The number of rotatable bonds is 24. The third kappa shape index (κ3) is 12.3. The van der Waals surface area contributed by atoms with Crippen molar-refractivity contribution in [2.45, 2.75) is 104 Å². The van der Waals surface area contributed by atoms with Crippen LogP contribution in [-0.4, -0.2) is 141 Å². The summed E-state index contributed by atoms with van der Waals surface area (Å²) in [6, 6.07) is 0. The summed E-state index contributed by atoms with van der Waals surface area (Å²) in [5, 5.41) is 11.9. The number of hydroxylamine groups is 2. The first-order chi connectivity index (χ1) is 32.3. The lowest BCUT2D eigenvalue weighted by Crippen LogP contribution is -2.36. The first kappa shape index (κ1) is 52.8. The lowest BCUT2D eigenvalue weighted by atomic mass is 9.85.